The SMILES string of the molecule is O=C1Nc2cc(/C=C/CCC(=O)c3nccc(Nc4ccc(F)c(F)c4)n3)ccc2/C1=C/c1cnc[nH]1. The second-order valence-corrected chi connectivity index (χ2v) is 8.21. The number of hydrogen-bond acceptors (Lipinski definition) is 6. The maximum atomic E-state index is 13.4. The standard InChI is InChI=1S/C27H20F2N6O2/c28-21-8-6-17(13-22(21)29)33-25-9-10-31-26(35-25)24(36)4-2-1-3-16-5-7-19-20(12-18-14-30-15-32-18)27(37)34-23(19)11-16/h1,3,5-15H,2,4H2,(H,30,32)(H,34,37)(H,31,33,35)/b3-1+,20-12-. The lowest BCUT2D eigenvalue weighted by molar-refractivity contribution is -0.110. The normalized spacial score (nSPS) is 13.7. The fraction of sp³-hybridized carbons (Fsp3) is 0.0741. The van der Waals surface area contributed by atoms with E-state index >= 15 is 0 Å². The molecule has 8 nitrogen and oxygen atoms in total. The summed E-state index contributed by atoms with van der Waals surface area (Å²) in [5.41, 5.74) is 3.99. The minimum Gasteiger partial charge on any atom is -0.345 e. The molecule has 0 atom stereocenters. The predicted molar refractivity (Wildman–Crippen MR) is 136 cm³/mol. The van der Waals surface area contributed by atoms with Gasteiger partial charge < -0.3 is 15.6 Å². The highest BCUT2D eigenvalue weighted by atomic mass is 19.2. The van der Waals surface area contributed by atoms with E-state index in [1.54, 1.807) is 18.6 Å². The van der Waals surface area contributed by atoms with Crippen LogP contribution in [0.4, 0.5) is 26.0 Å². The topological polar surface area (TPSA) is 113 Å². The van der Waals surface area contributed by atoms with E-state index in [0.717, 1.165) is 29.0 Å². The first-order valence-electron chi connectivity index (χ1n) is 11.4. The quantitative estimate of drug-likeness (QED) is 0.222. The Bertz CT molecular complexity index is 1550. The predicted octanol–water partition coefficient (Wildman–Crippen LogP) is 5.39. The van der Waals surface area contributed by atoms with Gasteiger partial charge in [-0.05, 0) is 42.3 Å². The van der Waals surface area contributed by atoms with Gasteiger partial charge in [-0.1, -0.05) is 24.3 Å². The molecular weight excluding hydrogens is 478 g/mol. The van der Waals surface area contributed by atoms with Crippen LogP contribution in [-0.2, 0) is 4.79 Å². The van der Waals surface area contributed by atoms with Crippen LogP contribution in [0.25, 0.3) is 17.7 Å². The number of ketones is 1. The van der Waals surface area contributed by atoms with Crippen LogP contribution in [0.5, 0.6) is 0 Å². The summed E-state index contributed by atoms with van der Waals surface area (Å²) in [5, 5.41) is 5.70. The number of amides is 1. The van der Waals surface area contributed by atoms with Crippen LogP contribution in [-0.4, -0.2) is 31.6 Å². The summed E-state index contributed by atoms with van der Waals surface area (Å²) in [6.45, 7) is 0. The Balaban J connectivity index is 1.19. The summed E-state index contributed by atoms with van der Waals surface area (Å²) in [5.74, 6) is -2.06. The minimum atomic E-state index is -0.987. The molecule has 1 aliphatic rings. The zero-order chi connectivity index (χ0) is 25.8. The van der Waals surface area contributed by atoms with Crippen LogP contribution >= 0.6 is 0 Å². The van der Waals surface area contributed by atoms with Crippen molar-refractivity contribution >= 4 is 46.6 Å². The number of fused-ring (bicyclic) bond motifs is 1. The Labute approximate surface area is 210 Å². The molecule has 0 bridgehead atoms. The third kappa shape index (κ3) is 5.48. The van der Waals surface area contributed by atoms with Gasteiger partial charge in [0.2, 0.25) is 0 Å². The van der Waals surface area contributed by atoms with Crippen molar-refractivity contribution in [1.29, 1.82) is 0 Å². The average molecular weight is 498 g/mol. The van der Waals surface area contributed by atoms with Crippen molar-refractivity contribution in [2.75, 3.05) is 10.6 Å². The maximum Gasteiger partial charge on any atom is 0.256 e. The Morgan fingerprint density at radius 1 is 1.08 bits per heavy atom. The number of hydrogen-bond donors (Lipinski definition) is 3. The van der Waals surface area contributed by atoms with Crippen LogP contribution in [0.15, 0.2) is 67.3 Å². The highest BCUT2D eigenvalue weighted by molar-refractivity contribution is 6.34. The number of allylic oxidation sites excluding steroid dienone is 1. The van der Waals surface area contributed by atoms with Crippen LogP contribution < -0.4 is 10.6 Å². The molecule has 0 unspecified atom stereocenters. The number of benzene rings is 2. The van der Waals surface area contributed by atoms with Crippen molar-refractivity contribution in [3.63, 3.8) is 0 Å². The van der Waals surface area contributed by atoms with Gasteiger partial charge in [0, 0.05) is 35.6 Å². The number of carbonyl (C=O) groups is 2. The lowest BCUT2D eigenvalue weighted by Gasteiger charge is -2.07. The number of halogens is 2. The minimum absolute atomic E-state index is 0.0258. The number of nitrogens with one attached hydrogen (secondary N) is 3. The summed E-state index contributed by atoms with van der Waals surface area (Å²) >= 11 is 0. The average Bonchev–Trinajstić information content (AvgIpc) is 3.52. The fourth-order valence-electron chi connectivity index (χ4n) is 3.79. The molecule has 184 valence electrons. The molecule has 0 fully saturated rings. The number of aromatic amines is 1. The van der Waals surface area contributed by atoms with Gasteiger partial charge in [0.15, 0.2) is 23.2 Å². The highest BCUT2D eigenvalue weighted by Gasteiger charge is 2.24. The maximum absolute atomic E-state index is 13.4. The first-order chi connectivity index (χ1) is 18.0. The van der Waals surface area contributed by atoms with Crippen molar-refractivity contribution in [2.24, 2.45) is 0 Å². The molecule has 1 amide bonds. The Hall–Kier alpha value is -4.99. The second kappa shape index (κ2) is 10.3. The Morgan fingerprint density at radius 3 is 2.78 bits per heavy atom. The van der Waals surface area contributed by atoms with Crippen molar-refractivity contribution in [2.45, 2.75) is 12.8 Å². The monoisotopic (exact) mass is 498 g/mol. The van der Waals surface area contributed by atoms with Gasteiger partial charge in [-0.2, -0.15) is 0 Å². The largest absolute Gasteiger partial charge is 0.345 e. The molecule has 37 heavy (non-hydrogen) atoms. The van der Waals surface area contributed by atoms with Crippen LogP contribution in [0.3, 0.4) is 0 Å². The van der Waals surface area contributed by atoms with Crippen LogP contribution in [0.2, 0.25) is 0 Å². The summed E-state index contributed by atoms with van der Waals surface area (Å²) in [7, 11) is 0. The zero-order valence-electron chi connectivity index (χ0n) is 19.3. The second-order valence-electron chi connectivity index (χ2n) is 8.21. The van der Waals surface area contributed by atoms with Gasteiger partial charge in [0.1, 0.15) is 5.82 Å². The summed E-state index contributed by atoms with van der Waals surface area (Å²) < 4.78 is 26.5. The molecule has 3 N–H and O–H groups in total. The highest BCUT2D eigenvalue weighted by Crippen LogP contribution is 2.33. The number of anilines is 3. The van der Waals surface area contributed by atoms with Gasteiger partial charge in [-0.25, -0.2) is 23.7 Å². The molecule has 2 aromatic carbocycles. The Morgan fingerprint density at radius 2 is 1.97 bits per heavy atom. The molecule has 4 aromatic rings. The smallest absolute Gasteiger partial charge is 0.256 e. The molecule has 1 aliphatic heterocycles. The van der Waals surface area contributed by atoms with E-state index in [1.807, 2.05) is 30.4 Å². The van der Waals surface area contributed by atoms with Crippen molar-refractivity contribution in [1.82, 2.24) is 19.9 Å². The first-order valence-corrected chi connectivity index (χ1v) is 11.4. The van der Waals surface area contributed by atoms with Crippen LogP contribution in [0.1, 0.15) is 40.3 Å². The molecule has 3 heterocycles. The van der Waals surface area contributed by atoms with Crippen LogP contribution in [0, 0.1) is 11.6 Å². The zero-order valence-corrected chi connectivity index (χ0v) is 19.3. The van der Waals surface area contributed by atoms with E-state index in [2.05, 4.69) is 30.6 Å². The molecule has 0 aliphatic carbocycles. The number of H-pyrrole nitrogens is 1. The van der Waals surface area contributed by atoms with Gasteiger partial charge in [0.25, 0.3) is 5.91 Å². The molecule has 10 heteroatoms. The lowest BCUT2D eigenvalue weighted by atomic mass is 10.0. The molecular formula is C27H20F2N6O2. The number of nitrogens with zero attached hydrogens (tertiary/aromatic N) is 3. The van der Waals surface area contributed by atoms with Gasteiger partial charge in [0.05, 0.1) is 23.8 Å². The van der Waals surface area contributed by atoms with E-state index in [1.165, 1.54) is 18.3 Å². The van der Waals surface area contributed by atoms with Gasteiger partial charge >= 0.3 is 0 Å². The number of rotatable bonds is 8. The third-order valence-corrected chi connectivity index (χ3v) is 5.59. The molecule has 0 radical (unpaired) electrons. The van der Waals surface area contributed by atoms with Gasteiger partial charge in [-0.3, -0.25) is 9.59 Å². The Kier molecular flexibility index (Phi) is 6.62. The number of carbonyl (C=O) groups excluding carboxylic acids is 2. The molecule has 0 saturated carbocycles. The third-order valence-electron chi connectivity index (χ3n) is 5.59. The molecule has 2 aromatic heterocycles. The van der Waals surface area contributed by atoms with Crippen molar-refractivity contribution < 1.29 is 18.4 Å². The summed E-state index contributed by atoms with van der Waals surface area (Å²) in [6, 6.07) is 10.5. The molecule has 0 spiro atoms. The van der Waals surface area contributed by atoms with Gasteiger partial charge in [-0.15, -0.1) is 0 Å². The van der Waals surface area contributed by atoms with E-state index < -0.39 is 11.6 Å². The van der Waals surface area contributed by atoms with E-state index in [9.17, 15) is 18.4 Å². The molecule has 5 rings (SSSR count). The van der Waals surface area contributed by atoms with E-state index in [0.29, 0.717) is 29.2 Å². The first kappa shape index (κ1) is 23.7. The molecule has 0 saturated heterocycles. The number of imidazole rings is 1. The number of aromatic nitrogens is 4. The van der Waals surface area contributed by atoms with Crippen molar-refractivity contribution in [3.05, 3.63) is 102 Å². The van der Waals surface area contributed by atoms with Crippen molar-refractivity contribution in [3.8, 4) is 0 Å². The van der Waals surface area contributed by atoms with E-state index in [4.69, 9.17) is 0 Å². The number of Topliss-reactive ketones (excluding diaryl/α,β-unsaturated/α-hetero) is 1. The summed E-state index contributed by atoms with van der Waals surface area (Å²) in [4.78, 5) is 40.0. The fourth-order valence-corrected chi connectivity index (χ4v) is 3.79. The lowest BCUT2D eigenvalue weighted by Crippen LogP contribution is -2.07. The van der Waals surface area contributed by atoms with E-state index in [-0.39, 0.29) is 23.9 Å². The summed E-state index contributed by atoms with van der Waals surface area (Å²) in [6.07, 6.45) is 10.7.